The third-order valence-corrected chi connectivity index (χ3v) is 4.20. The van der Waals surface area contributed by atoms with Gasteiger partial charge in [-0.25, -0.2) is 9.97 Å². The zero-order chi connectivity index (χ0) is 11.7. The molecule has 1 saturated carbocycles. The summed E-state index contributed by atoms with van der Waals surface area (Å²) < 4.78 is 6.03. The average molecular weight is 249 g/mol. The maximum Gasteiger partial charge on any atom is 0.225 e. The van der Waals surface area contributed by atoms with Gasteiger partial charge < -0.3 is 10.5 Å². The lowest BCUT2D eigenvalue weighted by Gasteiger charge is -2.19. The summed E-state index contributed by atoms with van der Waals surface area (Å²) >= 11 is 1.61. The second-order valence-corrected chi connectivity index (χ2v) is 5.30. The fourth-order valence-corrected chi connectivity index (χ4v) is 3.16. The summed E-state index contributed by atoms with van der Waals surface area (Å²) in [5.41, 5.74) is 5.76. The maximum absolute atomic E-state index is 6.03. The maximum atomic E-state index is 6.03. The molecule has 4 nitrogen and oxygen atoms in total. The first-order valence-electron chi connectivity index (χ1n) is 5.93. The summed E-state index contributed by atoms with van der Waals surface area (Å²) in [6.45, 7) is 0.697. The molecular weight excluding hydrogens is 234 g/mol. The molecule has 1 aliphatic carbocycles. The molecule has 0 saturated heterocycles. The van der Waals surface area contributed by atoms with E-state index in [1.807, 2.05) is 11.4 Å². The number of rotatable bonds is 3. The fraction of sp³-hybridized carbons (Fsp3) is 0.500. The molecule has 1 aliphatic rings. The zero-order valence-corrected chi connectivity index (χ0v) is 10.3. The van der Waals surface area contributed by atoms with E-state index in [0.717, 1.165) is 16.6 Å². The molecule has 2 N–H and O–H groups in total. The summed E-state index contributed by atoms with van der Waals surface area (Å²) in [5.74, 6) is 1.18. The fourth-order valence-electron chi connectivity index (χ4n) is 2.43. The molecule has 2 atom stereocenters. The Bertz CT molecular complexity index is 513. The highest BCUT2D eigenvalue weighted by molar-refractivity contribution is 7.16. The van der Waals surface area contributed by atoms with E-state index in [0.29, 0.717) is 18.3 Å². The van der Waals surface area contributed by atoms with Gasteiger partial charge in [0.15, 0.2) is 0 Å². The van der Waals surface area contributed by atoms with Gasteiger partial charge in [-0.2, -0.15) is 0 Å². The van der Waals surface area contributed by atoms with Crippen molar-refractivity contribution in [1.29, 1.82) is 0 Å². The van der Waals surface area contributed by atoms with Gasteiger partial charge in [0.2, 0.25) is 5.88 Å². The van der Waals surface area contributed by atoms with Crippen molar-refractivity contribution in [1.82, 2.24) is 9.97 Å². The Balaban J connectivity index is 1.87. The summed E-state index contributed by atoms with van der Waals surface area (Å²) in [5, 5.41) is 3.03. The van der Waals surface area contributed by atoms with Crippen molar-refractivity contribution in [2.24, 2.45) is 11.7 Å². The van der Waals surface area contributed by atoms with Crippen LogP contribution in [0.4, 0.5) is 0 Å². The van der Waals surface area contributed by atoms with Gasteiger partial charge in [0.05, 0.1) is 5.39 Å². The van der Waals surface area contributed by atoms with E-state index in [1.54, 1.807) is 17.7 Å². The highest BCUT2D eigenvalue weighted by atomic mass is 32.1. The number of fused-ring (bicyclic) bond motifs is 1. The van der Waals surface area contributed by atoms with Gasteiger partial charge in [0.25, 0.3) is 0 Å². The minimum atomic E-state index is 0.220. The van der Waals surface area contributed by atoms with Crippen LogP contribution in [0.1, 0.15) is 19.3 Å². The molecule has 0 aliphatic heterocycles. The van der Waals surface area contributed by atoms with Crippen molar-refractivity contribution in [3.8, 4) is 5.88 Å². The standard InChI is InChI=1S/C12H15N3OS/c13-6-8-2-1-3-10(8)16-11-9-4-5-17-12(9)15-7-14-11/h4-5,7-8,10H,1-3,6,13H2. The Morgan fingerprint density at radius 3 is 3.24 bits per heavy atom. The monoisotopic (exact) mass is 249 g/mol. The molecule has 17 heavy (non-hydrogen) atoms. The molecule has 5 heteroatoms. The predicted molar refractivity (Wildman–Crippen MR) is 68.2 cm³/mol. The molecule has 0 amide bonds. The summed E-state index contributed by atoms with van der Waals surface area (Å²) in [4.78, 5) is 9.45. The van der Waals surface area contributed by atoms with Crippen LogP contribution in [0.5, 0.6) is 5.88 Å². The Labute approximate surface area is 104 Å². The normalized spacial score (nSPS) is 24.3. The van der Waals surface area contributed by atoms with Gasteiger partial charge >= 0.3 is 0 Å². The first kappa shape index (κ1) is 10.9. The van der Waals surface area contributed by atoms with Crippen molar-refractivity contribution >= 4 is 21.6 Å². The molecule has 2 unspecified atom stereocenters. The quantitative estimate of drug-likeness (QED) is 0.906. The van der Waals surface area contributed by atoms with Crippen LogP contribution in [0.15, 0.2) is 17.8 Å². The van der Waals surface area contributed by atoms with Crippen LogP contribution in [0.3, 0.4) is 0 Å². The van der Waals surface area contributed by atoms with Gasteiger partial charge in [-0.15, -0.1) is 11.3 Å². The van der Waals surface area contributed by atoms with E-state index >= 15 is 0 Å². The molecule has 1 fully saturated rings. The van der Waals surface area contributed by atoms with E-state index in [1.165, 1.54) is 12.8 Å². The molecule has 2 aromatic heterocycles. The van der Waals surface area contributed by atoms with Crippen molar-refractivity contribution in [2.45, 2.75) is 25.4 Å². The SMILES string of the molecule is NCC1CCCC1Oc1ncnc2sccc12. The van der Waals surface area contributed by atoms with Crippen LogP contribution in [0.25, 0.3) is 10.2 Å². The Morgan fingerprint density at radius 2 is 2.35 bits per heavy atom. The van der Waals surface area contributed by atoms with Crippen LogP contribution >= 0.6 is 11.3 Å². The van der Waals surface area contributed by atoms with Gasteiger partial charge in [-0.3, -0.25) is 0 Å². The third kappa shape index (κ3) is 2.00. The van der Waals surface area contributed by atoms with Gasteiger partial charge in [0, 0.05) is 5.92 Å². The number of thiophene rings is 1. The summed E-state index contributed by atoms with van der Waals surface area (Å²) in [6, 6.07) is 2.02. The molecule has 2 heterocycles. The topological polar surface area (TPSA) is 61.0 Å². The number of nitrogens with two attached hydrogens (primary N) is 1. The molecule has 0 bridgehead atoms. The first-order chi connectivity index (χ1) is 8.38. The van der Waals surface area contributed by atoms with Crippen LogP contribution in [-0.4, -0.2) is 22.6 Å². The molecule has 3 rings (SSSR count). The van der Waals surface area contributed by atoms with Crippen LogP contribution in [0, 0.1) is 5.92 Å². The summed E-state index contributed by atoms with van der Waals surface area (Å²) in [7, 11) is 0. The predicted octanol–water partition coefficient (Wildman–Crippen LogP) is 2.20. The van der Waals surface area contributed by atoms with Gasteiger partial charge in [-0.05, 0) is 37.3 Å². The van der Waals surface area contributed by atoms with Gasteiger partial charge in [0.1, 0.15) is 17.3 Å². The zero-order valence-electron chi connectivity index (χ0n) is 9.50. The van der Waals surface area contributed by atoms with Crippen molar-refractivity contribution in [3.63, 3.8) is 0 Å². The molecule has 2 aromatic rings. The lowest BCUT2D eigenvalue weighted by Crippen LogP contribution is -2.28. The second-order valence-electron chi connectivity index (χ2n) is 4.40. The largest absolute Gasteiger partial charge is 0.473 e. The number of hydrogen-bond acceptors (Lipinski definition) is 5. The Morgan fingerprint density at radius 1 is 1.41 bits per heavy atom. The Kier molecular flexibility index (Phi) is 2.94. The average Bonchev–Trinajstić information content (AvgIpc) is 2.97. The van der Waals surface area contributed by atoms with E-state index in [2.05, 4.69) is 9.97 Å². The van der Waals surface area contributed by atoms with E-state index in [4.69, 9.17) is 10.5 Å². The highest BCUT2D eigenvalue weighted by Gasteiger charge is 2.28. The highest BCUT2D eigenvalue weighted by Crippen LogP contribution is 2.32. The number of aromatic nitrogens is 2. The lowest BCUT2D eigenvalue weighted by molar-refractivity contribution is 0.158. The van der Waals surface area contributed by atoms with Crippen molar-refractivity contribution in [2.75, 3.05) is 6.54 Å². The number of nitrogens with zero attached hydrogens (tertiary/aromatic N) is 2. The minimum Gasteiger partial charge on any atom is -0.473 e. The van der Waals surface area contributed by atoms with Crippen LogP contribution < -0.4 is 10.5 Å². The number of hydrogen-bond donors (Lipinski definition) is 1. The van der Waals surface area contributed by atoms with E-state index in [-0.39, 0.29) is 6.10 Å². The van der Waals surface area contributed by atoms with Gasteiger partial charge in [-0.1, -0.05) is 0 Å². The van der Waals surface area contributed by atoms with Crippen molar-refractivity contribution < 1.29 is 4.74 Å². The lowest BCUT2D eigenvalue weighted by atomic mass is 10.1. The van der Waals surface area contributed by atoms with E-state index in [9.17, 15) is 0 Å². The molecule has 0 spiro atoms. The van der Waals surface area contributed by atoms with Crippen molar-refractivity contribution in [3.05, 3.63) is 17.8 Å². The third-order valence-electron chi connectivity index (χ3n) is 3.38. The summed E-state index contributed by atoms with van der Waals surface area (Å²) in [6.07, 6.45) is 5.24. The Hall–Kier alpha value is -1.20. The minimum absolute atomic E-state index is 0.220. The van der Waals surface area contributed by atoms with Crippen LogP contribution in [0.2, 0.25) is 0 Å². The smallest absolute Gasteiger partial charge is 0.225 e. The van der Waals surface area contributed by atoms with E-state index < -0.39 is 0 Å². The second kappa shape index (κ2) is 4.58. The van der Waals surface area contributed by atoms with Crippen LogP contribution in [-0.2, 0) is 0 Å². The number of ether oxygens (including phenoxy) is 1. The molecule has 90 valence electrons. The molecule has 0 aromatic carbocycles. The molecular formula is C12H15N3OS. The molecule has 0 radical (unpaired) electrons. The first-order valence-corrected chi connectivity index (χ1v) is 6.81.